The van der Waals surface area contributed by atoms with E-state index in [1.54, 1.807) is 50.4 Å². The van der Waals surface area contributed by atoms with Crippen molar-refractivity contribution in [3.63, 3.8) is 0 Å². The zero-order valence-corrected chi connectivity index (χ0v) is 33.2. The Labute approximate surface area is 326 Å². The van der Waals surface area contributed by atoms with Crippen LogP contribution in [0.1, 0.15) is 62.9 Å². The van der Waals surface area contributed by atoms with E-state index in [1.807, 2.05) is 39.0 Å². The predicted octanol–water partition coefficient (Wildman–Crippen LogP) is 5.01. The van der Waals surface area contributed by atoms with Gasteiger partial charge in [-0.05, 0) is 68.7 Å². The average Bonchev–Trinajstić information content (AvgIpc) is 3.15. The number of rotatable bonds is 6. The van der Waals surface area contributed by atoms with Crippen LogP contribution in [0.5, 0.6) is 5.75 Å². The number of hydrogen-bond acceptors (Lipinski definition) is 11. The van der Waals surface area contributed by atoms with Gasteiger partial charge in [0.25, 0.3) is 5.91 Å². The number of anilines is 2. The number of ether oxygens (including phenoxy) is 5. The summed E-state index contributed by atoms with van der Waals surface area (Å²) in [6.45, 7) is 7.12. The number of benzene rings is 2. The molecule has 0 spiro atoms. The summed E-state index contributed by atoms with van der Waals surface area (Å²) in [5, 5.41) is 14.6. The summed E-state index contributed by atoms with van der Waals surface area (Å²) in [6.07, 6.45) is 1.37. The van der Waals surface area contributed by atoms with Gasteiger partial charge in [-0.2, -0.15) is 0 Å². The van der Waals surface area contributed by atoms with Gasteiger partial charge in [0.15, 0.2) is 5.72 Å². The van der Waals surface area contributed by atoms with Crippen molar-refractivity contribution in [3.8, 4) is 5.75 Å². The number of methoxy groups -OCH3 is 2. The van der Waals surface area contributed by atoms with E-state index in [9.17, 15) is 24.3 Å². The number of hydrogen-bond donors (Lipinski definition) is 3. The maximum atomic E-state index is 13.9. The van der Waals surface area contributed by atoms with Crippen molar-refractivity contribution in [1.82, 2.24) is 10.2 Å². The Balaban J connectivity index is 1.48. The number of esters is 1. The number of nitrogens with two attached hydrogens (primary N) is 1. The van der Waals surface area contributed by atoms with E-state index >= 15 is 0 Å². The van der Waals surface area contributed by atoms with Gasteiger partial charge in [0.05, 0.1) is 24.3 Å². The lowest BCUT2D eigenvalue weighted by Crippen LogP contribution is -2.68. The van der Waals surface area contributed by atoms with Crippen LogP contribution >= 0.6 is 11.6 Å². The molecule has 0 unspecified atom stereocenters. The molecule has 2 saturated heterocycles. The van der Waals surface area contributed by atoms with Gasteiger partial charge in [0.1, 0.15) is 29.0 Å². The molecule has 298 valence electrons. The molecule has 4 bridgehead atoms. The van der Waals surface area contributed by atoms with E-state index < -0.39 is 65.7 Å². The van der Waals surface area contributed by atoms with Crippen molar-refractivity contribution in [1.29, 1.82) is 0 Å². The van der Waals surface area contributed by atoms with Crippen LogP contribution in [0.4, 0.5) is 16.2 Å². The van der Waals surface area contributed by atoms with Crippen LogP contribution in [0, 0.1) is 11.3 Å². The van der Waals surface area contributed by atoms with Gasteiger partial charge in [-0.15, -0.1) is 0 Å². The maximum Gasteiger partial charge on any atom is 0.409 e. The predicted molar refractivity (Wildman–Crippen MR) is 205 cm³/mol. The van der Waals surface area contributed by atoms with E-state index in [2.05, 4.69) is 5.32 Å². The molecule has 2 aromatic rings. The van der Waals surface area contributed by atoms with Gasteiger partial charge >= 0.3 is 12.1 Å². The molecule has 0 saturated carbocycles. The fourth-order valence-corrected chi connectivity index (χ4v) is 7.70. The van der Waals surface area contributed by atoms with Crippen molar-refractivity contribution in [2.45, 2.75) is 89.7 Å². The number of halogens is 1. The van der Waals surface area contributed by atoms with E-state index in [-0.39, 0.29) is 30.2 Å². The molecule has 5 rings (SSSR count). The van der Waals surface area contributed by atoms with Crippen LogP contribution in [-0.4, -0.2) is 98.6 Å². The molecule has 4 N–H and O–H groups in total. The van der Waals surface area contributed by atoms with Crippen molar-refractivity contribution in [2.24, 2.45) is 11.3 Å². The topological polar surface area (TPSA) is 179 Å². The van der Waals surface area contributed by atoms with Crippen molar-refractivity contribution < 1.29 is 48.0 Å². The van der Waals surface area contributed by atoms with Crippen LogP contribution in [-0.2, 0) is 35.0 Å². The van der Waals surface area contributed by atoms with Crippen molar-refractivity contribution in [2.75, 3.05) is 38.9 Å². The van der Waals surface area contributed by atoms with Gasteiger partial charge in [-0.1, -0.05) is 49.2 Å². The highest BCUT2D eigenvalue weighted by Crippen LogP contribution is 2.51. The van der Waals surface area contributed by atoms with Crippen molar-refractivity contribution >= 4 is 46.9 Å². The molecule has 0 aromatic heterocycles. The first-order chi connectivity index (χ1) is 25.9. The van der Waals surface area contributed by atoms with E-state index in [0.717, 1.165) is 11.1 Å². The van der Waals surface area contributed by atoms with Gasteiger partial charge in [-0.3, -0.25) is 14.9 Å². The number of nitrogen functional groups attached to an aromatic ring is 1. The van der Waals surface area contributed by atoms with Crippen LogP contribution in [0.3, 0.4) is 0 Å². The molecular weight excluding hydrogens is 732 g/mol. The monoisotopic (exact) mass is 782 g/mol. The second-order valence-electron chi connectivity index (χ2n) is 14.9. The second-order valence-corrected chi connectivity index (χ2v) is 15.3. The number of allylic oxidation sites excluding steroid dienone is 3. The Morgan fingerprint density at radius 1 is 1.18 bits per heavy atom. The Kier molecular flexibility index (Phi) is 12.5. The number of fused-ring (bicyclic) bond motifs is 5. The Hall–Kier alpha value is -4.63. The summed E-state index contributed by atoms with van der Waals surface area (Å²) >= 11 is 6.75. The fraction of sp³-hybridized carbons (Fsp3) is 0.500. The standard InChI is InChI=1S/C40H51ClN4O10/c1-22-10-9-11-31(52-8)40(50)21-30(53-38(49)43-40)23(2)34-39(4,17-16-32(46)45(6)28-19-25(18-22)20-29(51-7)33(28)41)37(54-34)55-36(48)24(3)44(5)35(47)26-12-14-27(42)15-13-26/h9-15,19-20,23-24,30-31,34,37,50H,16-18,21,42H2,1-8H3,(H,43,49)/b11-9+,22-10+/t23-,24+,30+,31-,34+,37+,39-,40+/m1/s1. The summed E-state index contributed by atoms with van der Waals surface area (Å²) in [7, 11) is 6.06. The fourth-order valence-electron chi connectivity index (χ4n) is 7.38. The minimum Gasteiger partial charge on any atom is -0.495 e. The summed E-state index contributed by atoms with van der Waals surface area (Å²) in [5.74, 6) is -1.56. The van der Waals surface area contributed by atoms with E-state index in [4.69, 9.17) is 41.0 Å². The van der Waals surface area contributed by atoms with E-state index in [1.165, 1.54) is 31.1 Å². The molecule has 55 heavy (non-hydrogen) atoms. The lowest BCUT2D eigenvalue weighted by Gasteiger charge is -2.56. The van der Waals surface area contributed by atoms with Gasteiger partial charge in [0.2, 0.25) is 12.2 Å². The van der Waals surface area contributed by atoms with Crippen LogP contribution in [0.25, 0.3) is 0 Å². The quantitative estimate of drug-likeness (QED) is 0.265. The van der Waals surface area contributed by atoms with Gasteiger partial charge in [-0.25, -0.2) is 9.59 Å². The SMILES string of the molecule is COc1cc2cc(c1Cl)N(C)C(=O)CC[C@@]1(C)[C@H](OC(=O)[C@H](C)N(C)C(=O)c3ccc(N)cc3)O[C@H]1[C@H](C)[C@@H]1C[C@@](O)(NC(=O)O1)[C@H](OC)/C=C/C=C(\C)C2. The minimum absolute atomic E-state index is 0.00781. The third-order valence-electron chi connectivity index (χ3n) is 11.0. The number of carbonyl (C=O) groups is 4. The number of alkyl carbamates (subject to hydrolysis) is 1. The number of likely N-dealkylation sites (N-methyl/N-ethyl adjacent to an activating group) is 1. The van der Waals surface area contributed by atoms with Gasteiger partial charge < -0.3 is 44.3 Å². The van der Waals surface area contributed by atoms with Gasteiger partial charge in [0, 0.05) is 51.2 Å². The Bertz CT molecular complexity index is 1850. The summed E-state index contributed by atoms with van der Waals surface area (Å²) in [6, 6.07) is 8.98. The molecule has 3 amide bonds. The average molecular weight is 783 g/mol. The molecule has 8 atom stereocenters. The Morgan fingerprint density at radius 2 is 1.87 bits per heavy atom. The third-order valence-corrected chi connectivity index (χ3v) is 11.4. The highest BCUT2D eigenvalue weighted by Gasteiger charge is 2.60. The smallest absolute Gasteiger partial charge is 0.409 e. The first kappa shape index (κ1) is 41.5. The molecule has 0 aliphatic carbocycles. The number of nitrogens with one attached hydrogen (secondary N) is 1. The van der Waals surface area contributed by atoms with Crippen LogP contribution in [0.15, 0.2) is 60.2 Å². The third kappa shape index (κ3) is 8.62. The molecule has 3 heterocycles. The molecule has 3 aliphatic heterocycles. The second kappa shape index (κ2) is 16.6. The highest BCUT2D eigenvalue weighted by atomic mass is 35.5. The zero-order valence-electron chi connectivity index (χ0n) is 32.5. The van der Waals surface area contributed by atoms with Crippen LogP contribution in [0.2, 0.25) is 5.02 Å². The molecule has 15 heteroatoms. The Morgan fingerprint density at radius 3 is 2.53 bits per heavy atom. The summed E-state index contributed by atoms with van der Waals surface area (Å²) in [5.41, 5.74) is 6.02. The molecular formula is C40H51ClN4O10. The lowest BCUT2D eigenvalue weighted by atomic mass is 9.68. The largest absolute Gasteiger partial charge is 0.495 e. The number of aliphatic hydroxyl groups is 1. The van der Waals surface area contributed by atoms with E-state index in [0.29, 0.717) is 29.1 Å². The van der Waals surface area contributed by atoms with Crippen molar-refractivity contribution in [3.05, 3.63) is 76.3 Å². The number of amides is 3. The molecule has 14 nitrogen and oxygen atoms in total. The zero-order chi connectivity index (χ0) is 40.4. The lowest BCUT2D eigenvalue weighted by molar-refractivity contribution is -0.354. The molecule has 2 aromatic carbocycles. The molecule has 0 radical (unpaired) electrons. The van der Waals surface area contributed by atoms with Crippen LogP contribution < -0.4 is 20.7 Å². The first-order valence-electron chi connectivity index (χ1n) is 18.1. The maximum absolute atomic E-state index is 13.9. The molecule has 2 fully saturated rings. The normalized spacial score (nSPS) is 30.6. The first-order valence-corrected chi connectivity index (χ1v) is 18.5. The highest BCUT2D eigenvalue weighted by molar-refractivity contribution is 6.35. The minimum atomic E-state index is -1.84. The summed E-state index contributed by atoms with van der Waals surface area (Å²) in [4.78, 5) is 56.4. The summed E-state index contributed by atoms with van der Waals surface area (Å²) < 4.78 is 29.2. The number of nitrogens with zero attached hydrogens (tertiary/aromatic N) is 2. The number of carbonyl (C=O) groups excluding carboxylic acids is 4. The molecule has 3 aliphatic rings.